The summed E-state index contributed by atoms with van der Waals surface area (Å²) in [5.41, 5.74) is 0.876. The summed E-state index contributed by atoms with van der Waals surface area (Å²) in [5.74, 6) is -1.76. The average Bonchev–Trinajstić information content (AvgIpc) is 2.25. The van der Waals surface area contributed by atoms with Gasteiger partial charge in [-0.15, -0.1) is 0 Å². The molecule has 0 radical (unpaired) electrons. The van der Waals surface area contributed by atoms with Gasteiger partial charge in [-0.2, -0.15) is 0 Å². The molecule has 0 bridgehead atoms. The molecule has 16 heavy (non-hydrogen) atoms. The second-order valence-electron chi connectivity index (χ2n) is 2.83. The summed E-state index contributed by atoms with van der Waals surface area (Å²) in [4.78, 5) is 21.1. The van der Waals surface area contributed by atoms with Crippen LogP contribution >= 0.6 is 0 Å². The fourth-order valence-electron chi connectivity index (χ4n) is 0.954. The van der Waals surface area contributed by atoms with Crippen LogP contribution in [0.4, 0.5) is 0 Å². The molecule has 0 heterocycles. The molecule has 0 aromatic heterocycles. The number of hydrogen-bond acceptors (Lipinski definition) is 3. The minimum Gasteiger partial charge on any atom is -0.548 e. The summed E-state index contributed by atoms with van der Waals surface area (Å²) < 4.78 is 0. The summed E-state index contributed by atoms with van der Waals surface area (Å²) >= 11 is 0. The van der Waals surface area contributed by atoms with Crippen LogP contribution in [0.25, 0.3) is 6.08 Å². The number of hydrogen-bond donors (Lipinski definition) is 1. The number of amides is 1. The van der Waals surface area contributed by atoms with Crippen LogP contribution in [0.5, 0.6) is 0 Å². The molecule has 1 aromatic rings. The van der Waals surface area contributed by atoms with Crippen LogP contribution < -0.4 is 40.0 Å². The number of aliphatic carboxylic acids is 1. The zero-order chi connectivity index (χ0) is 11.1. The molecule has 0 unspecified atom stereocenters. The Balaban J connectivity index is 0.00000225. The minimum absolute atomic E-state index is 0. The monoisotopic (exact) mass is 227 g/mol. The molecule has 0 saturated carbocycles. The standard InChI is InChI=1S/C11H11NO3.Na/c13-10(12-8-11(14)15)7-6-9-4-2-1-3-5-9;/h1-7H,8H2,(H,12,13)(H,14,15);/q;+1/p-1. The van der Waals surface area contributed by atoms with Gasteiger partial charge < -0.3 is 15.2 Å². The van der Waals surface area contributed by atoms with Gasteiger partial charge in [0, 0.05) is 6.08 Å². The van der Waals surface area contributed by atoms with E-state index >= 15 is 0 Å². The first-order valence-electron chi connectivity index (χ1n) is 4.39. The maximum atomic E-state index is 11.0. The van der Waals surface area contributed by atoms with Crippen molar-refractivity contribution < 1.29 is 44.3 Å². The molecular weight excluding hydrogens is 217 g/mol. The molecule has 0 saturated heterocycles. The van der Waals surface area contributed by atoms with Crippen molar-refractivity contribution in [3.63, 3.8) is 0 Å². The second kappa shape index (κ2) is 8.10. The Morgan fingerprint density at radius 1 is 1.25 bits per heavy atom. The Labute approximate surface area is 116 Å². The fraction of sp³-hybridized carbons (Fsp3) is 0.0909. The van der Waals surface area contributed by atoms with E-state index < -0.39 is 18.4 Å². The van der Waals surface area contributed by atoms with Gasteiger partial charge in [-0.05, 0) is 11.6 Å². The van der Waals surface area contributed by atoms with Crippen molar-refractivity contribution in [1.82, 2.24) is 5.32 Å². The van der Waals surface area contributed by atoms with Crippen molar-refractivity contribution in [2.24, 2.45) is 0 Å². The molecule has 1 N–H and O–H groups in total. The quantitative estimate of drug-likeness (QED) is 0.430. The first-order valence-corrected chi connectivity index (χ1v) is 4.39. The number of nitrogens with one attached hydrogen (secondary N) is 1. The molecule has 4 nitrogen and oxygen atoms in total. The third-order valence-electron chi connectivity index (χ3n) is 1.63. The molecule has 0 aliphatic rings. The predicted molar refractivity (Wildman–Crippen MR) is 53.5 cm³/mol. The molecule has 0 fully saturated rings. The van der Waals surface area contributed by atoms with E-state index in [1.165, 1.54) is 6.08 Å². The Kier molecular flexibility index (Phi) is 7.54. The van der Waals surface area contributed by atoms with Crippen molar-refractivity contribution in [1.29, 1.82) is 0 Å². The van der Waals surface area contributed by atoms with Crippen LogP contribution in [0.3, 0.4) is 0 Å². The van der Waals surface area contributed by atoms with Gasteiger partial charge >= 0.3 is 29.6 Å². The van der Waals surface area contributed by atoms with Crippen LogP contribution in [-0.2, 0) is 9.59 Å². The number of carboxylic acids is 1. The maximum absolute atomic E-state index is 11.0. The molecule has 0 aliphatic carbocycles. The Hall–Kier alpha value is -1.10. The summed E-state index contributed by atoms with van der Waals surface area (Å²) in [6, 6.07) is 9.23. The molecule has 0 atom stereocenters. The van der Waals surface area contributed by atoms with E-state index in [1.54, 1.807) is 6.08 Å². The SMILES string of the molecule is O=C([O-])CNC(=O)C=Cc1ccccc1.[Na+]. The van der Waals surface area contributed by atoms with Crippen molar-refractivity contribution >= 4 is 18.0 Å². The second-order valence-corrected chi connectivity index (χ2v) is 2.83. The summed E-state index contributed by atoms with van der Waals surface area (Å²) in [5, 5.41) is 12.2. The summed E-state index contributed by atoms with van der Waals surface area (Å²) in [6.07, 6.45) is 2.88. The number of carboxylic acid groups (broad SMARTS) is 1. The Morgan fingerprint density at radius 3 is 2.44 bits per heavy atom. The minimum atomic E-state index is -1.31. The number of rotatable bonds is 4. The van der Waals surface area contributed by atoms with Crippen LogP contribution in [-0.4, -0.2) is 18.4 Å². The average molecular weight is 227 g/mol. The number of carbonyl (C=O) groups is 2. The van der Waals surface area contributed by atoms with E-state index in [9.17, 15) is 14.7 Å². The van der Waals surface area contributed by atoms with Gasteiger partial charge in [0.1, 0.15) is 0 Å². The van der Waals surface area contributed by atoms with E-state index in [4.69, 9.17) is 0 Å². The predicted octanol–water partition coefficient (Wildman–Crippen LogP) is -3.43. The van der Waals surface area contributed by atoms with Gasteiger partial charge in [0.05, 0.1) is 12.5 Å². The van der Waals surface area contributed by atoms with Crippen LogP contribution in [0.15, 0.2) is 36.4 Å². The van der Waals surface area contributed by atoms with Gasteiger partial charge in [0.15, 0.2) is 0 Å². The van der Waals surface area contributed by atoms with Crippen LogP contribution in [0, 0.1) is 0 Å². The van der Waals surface area contributed by atoms with Gasteiger partial charge in [0.2, 0.25) is 5.91 Å². The molecule has 1 amide bonds. The molecular formula is C11H10NNaO3. The van der Waals surface area contributed by atoms with E-state index in [2.05, 4.69) is 5.32 Å². The van der Waals surface area contributed by atoms with Crippen molar-refractivity contribution in [3.05, 3.63) is 42.0 Å². The molecule has 0 spiro atoms. The van der Waals surface area contributed by atoms with Crippen molar-refractivity contribution in [3.8, 4) is 0 Å². The third kappa shape index (κ3) is 6.40. The zero-order valence-electron chi connectivity index (χ0n) is 8.97. The van der Waals surface area contributed by atoms with Gasteiger partial charge in [-0.1, -0.05) is 30.3 Å². The van der Waals surface area contributed by atoms with Crippen molar-refractivity contribution in [2.45, 2.75) is 0 Å². The summed E-state index contributed by atoms with van der Waals surface area (Å²) in [6.45, 7) is -0.474. The molecule has 1 rings (SSSR count). The smallest absolute Gasteiger partial charge is 0.548 e. The maximum Gasteiger partial charge on any atom is 1.00 e. The Bertz CT molecular complexity index is 376. The van der Waals surface area contributed by atoms with E-state index in [1.807, 2.05) is 30.3 Å². The van der Waals surface area contributed by atoms with Gasteiger partial charge in [-0.3, -0.25) is 4.79 Å². The van der Waals surface area contributed by atoms with E-state index in [0.717, 1.165) is 5.56 Å². The van der Waals surface area contributed by atoms with Gasteiger partial charge in [0.25, 0.3) is 0 Å². The molecule has 5 heteroatoms. The normalized spacial score (nSPS) is 9.50. The van der Waals surface area contributed by atoms with E-state index in [0.29, 0.717) is 0 Å². The van der Waals surface area contributed by atoms with E-state index in [-0.39, 0.29) is 29.6 Å². The van der Waals surface area contributed by atoms with Crippen molar-refractivity contribution in [2.75, 3.05) is 6.54 Å². The molecule has 0 aliphatic heterocycles. The van der Waals surface area contributed by atoms with Crippen LogP contribution in [0.1, 0.15) is 5.56 Å². The molecule has 1 aromatic carbocycles. The fourth-order valence-corrected chi connectivity index (χ4v) is 0.954. The zero-order valence-corrected chi connectivity index (χ0v) is 11.0. The molecule has 78 valence electrons. The Morgan fingerprint density at radius 2 is 1.88 bits per heavy atom. The number of carbonyl (C=O) groups excluding carboxylic acids is 2. The first-order chi connectivity index (χ1) is 7.18. The third-order valence-corrected chi connectivity index (χ3v) is 1.63. The van der Waals surface area contributed by atoms with Crippen LogP contribution in [0.2, 0.25) is 0 Å². The number of benzene rings is 1. The summed E-state index contributed by atoms with van der Waals surface area (Å²) in [7, 11) is 0. The van der Waals surface area contributed by atoms with Gasteiger partial charge in [-0.25, -0.2) is 0 Å². The first kappa shape index (κ1) is 14.9. The largest absolute Gasteiger partial charge is 1.00 e. The topological polar surface area (TPSA) is 69.2 Å².